The van der Waals surface area contributed by atoms with Crippen molar-refractivity contribution in [2.75, 3.05) is 0 Å². The van der Waals surface area contributed by atoms with Crippen LogP contribution >= 0.6 is 0 Å². The lowest BCUT2D eigenvalue weighted by atomic mass is 10.1. The maximum absolute atomic E-state index is 14.0. The van der Waals surface area contributed by atoms with Crippen molar-refractivity contribution < 1.29 is 9.13 Å². The molecule has 1 aromatic heterocycles. The van der Waals surface area contributed by atoms with E-state index in [9.17, 15) is 4.39 Å². The Balaban J connectivity index is 2.02. The average Bonchev–Trinajstić information content (AvgIpc) is 2.49. The maximum atomic E-state index is 14.0. The molecule has 21 heavy (non-hydrogen) atoms. The summed E-state index contributed by atoms with van der Waals surface area (Å²) >= 11 is 0. The van der Waals surface area contributed by atoms with E-state index >= 15 is 0 Å². The zero-order chi connectivity index (χ0) is 14.8. The van der Waals surface area contributed by atoms with E-state index in [4.69, 9.17) is 10.5 Å². The van der Waals surface area contributed by atoms with Crippen molar-refractivity contribution in [3.8, 4) is 11.5 Å². The van der Waals surface area contributed by atoms with Crippen LogP contribution in [0.15, 0.2) is 54.7 Å². The highest BCUT2D eigenvalue weighted by atomic mass is 19.1. The summed E-state index contributed by atoms with van der Waals surface area (Å²) < 4.78 is 19.7. The van der Waals surface area contributed by atoms with E-state index in [1.165, 1.54) is 6.07 Å². The molecule has 1 unspecified atom stereocenters. The molecule has 106 valence electrons. The molecule has 0 spiro atoms. The zero-order valence-corrected chi connectivity index (χ0v) is 11.6. The number of fused-ring (bicyclic) bond motifs is 1. The van der Waals surface area contributed by atoms with Crippen molar-refractivity contribution in [3.05, 3.63) is 66.1 Å². The first-order valence-electron chi connectivity index (χ1n) is 6.72. The summed E-state index contributed by atoms with van der Waals surface area (Å²) in [5, 5.41) is 1.01. The van der Waals surface area contributed by atoms with E-state index in [-0.39, 0.29) is 11.8 Å². The van der Waals surface area contributed by atoms with E-state index < -0.39 is 5.82 Å². The van der Waals surface area contributed by atoms with Gasteiger partial charge in [0.05, 0.1) is 5.52 Å². The van der Waals surface area contributed by atoms with E-state index in [0.717, 1.165) is 10.9 Å². The first-order valence-corrected chi connectivity index (χ1v) is 6.72. The van der Waals surface area contributed by atoms with Gasteiger partial charge in [0.25, 0.3) is 0 Å². The first-order chi connectivity index (χ1) is 10.1. The Morgan fingerprint density at radius 2 is 2.00 bits per heavy atom. The van der Waals surface area contributed by atoms with Gasteiger partial charge in [-0.2, -0.15) is 0 Å². The van der Waals surface area contributed by atoms with Crippen LogP contribution in [0.2, 0.25) is 0 Å². The van der Waals surface area contributed by atoms with Gasteiger partial charge in [0.1, 0.15) is 5.75 Å². The van der Waals surface area contributed by atoms with Gasteiger partial charge in [0.2, 0.25) is 0 Å². The number of nitrogens with two attached hydrogens (primary N) is 1. The van der Waals surface area contributed by atoms with Gasteiger partial charge in [-0.05, 0) is 31.2 Å². The van der Waals surface area contributed by atoms with Gasteiger partial charge in [0.15, 0.2) is 11.6 Å². The lowest BCUT2D eigenvalue weighted by Gasteiger charge is -2.14. The number of hydrogen-bond acceptors (Lipinski definition) is 3. The molecule has 3 aromatic rings. The van der Waals surface area contributed by atoms with Gasteiger partial charge >= 0.3 is 0 Å². The molecule has 0 saturated carbocycles. The Morgan fingerprint density at radius 1 is 1.14 bits per heavy atom. The summed E-state index contributed by atoms with van der Waals surface area (Å²) in [6.07, 6.45) is 1.71. The number of aromatic nitrogens is 1. The van der Waals surface area contributed by atoms with Crippen LogP contribution in [0.25, 0.3) is 10.9 Å². The molecule has 0 saturated heterocycles. The van der Waals surface area contributed by atoms with Crippen LogP contribution in [-0.4, -0.2) is 4.98 Å². The summed E-state index contributed by atoms with van der Waals surface area (Å²) in [6.45, 7) is 1.80. The Bertz CT molecular complexity index is 787. The van der Waals surface area contributed by atoms with Gasteiger partial charge < -0.3 is 10.5 Å². The predicted molar refractivity (Wildman–Crippen MR) is 80.8 cm³/mol. The minimum absolute atomic E-state index is 0.169. The minimum atomic E-state index is -0.425. The van der Waals surface area contributed by atoms with Gasteiger partial charge in [-0.3, -0.25) is 4.98 Å². The highest BCUT2D eigenvalue weighted by molar-refractivity contribution is 5.79. The van der Waals surface area contributed by atoms with E-state index in [2.05, 4.69) is 4.98 Å². The highest BCUT2D eigenvalue weighted by Crippen LogP contribution is 2.32. The van der Waals surface area contributed by atoms with Crippen molar-refractivity contribution >= 4 is 10.9 Å². The molecule has 0 aliphatic rings. The van der Waals surface area contributed by atoms with Crippen LogP contribution in [0.3, 0.4) is 0 Å². The third kappa shape index (κ3) is 2.71. The van der Waals surface area contributed by atoms with Crippen LogP contribution < -0.4 is 10.5 Å². The van der Waals surface area contributed by atoms with Gasteiger partial charge in [0, 0.05) is 29.3 Å². The maximum Gasteiger partial charge on any atom is 0.167 e. The molecule has 0 bridgehead atoms. The monoisotopic (exact) mass is 282 g/mol. The second-order valence-electron chi connectivity index (χ2n) is 4.91. The van der Waals surface area contributed by atoms with Crippen LogP contribution in [0.1, 0.15) is 18.5 Å². The smallest absolute Gasteiger partial charge is 0.167 e. The van der Waals surface area contributed by atoms with Crippen molar-refractivity contribution in [3.63, 3.8) is 0 Å². The molecule has 0 fully saturated rings. The lowest BCUT2D eigenvalue weighted by molar-refractivity contribution is 0.433. The molecule has 0 aliphatic carbocycles. The van der Waals surface area contributed by atoms with Gasteiger partial charge in [-0.1, -0.05) is 18.2 Å². The summed E-state index contributed by atoms with van der Waals surface area (Å²) in [6, 6.07) is 13.7. The fraction of sp³-hybridized carbons (Fsp3) is 0.118. The van der Waals surface area contributed by atoms with E-state index in [1.807, 2.05) is 18.2 Å². The second kappa shape index (κ2) is 5.50. The number of nitrogens with zero attached hydrogens (tertiary/aromatic N) is 1. The van der Waals surface area contributed by atoms with E-state index in [1.54, 1.807) is 37.4 Å². The summed E-state index contributed by atoms with van der Waals surface area (Å²) in [4.78, 5) is 4.27. The Labute approximate surface area is 122 Å². The normalized spacial score (nSPS) is 12.3. The fourth-order valence-corrected chi connectivity index (χ4v) is 2.22. The number of para-hydroxylation sites is 1. The fourth-order valence-electron chi connectivity index (χ4n) is 2.22. The van der Waals surface area contributed by atoms with Crippen LogP contribution in [0.5, 0.6) is 11.5 Å². The van der Waals surface area contributed by atoms with Crippen LogP contribution in [0.4, 0.5) is 4.39 Å². The van der Waals surface area contributed by atoms with Gasteiger partial charge in [-0.15, -0.1) is 0 Å². The summed E-state index contributed by atoms with van der Waals surface area (Å²) in [5.74, 6) is 0.280. The summed E-state index contributed by atoms with van der Waals surface area (Å²) in [7, 11) is 0. The average molecular weight is 282 g/mol. The van der Waals surface area contributed by atoms with E-state index in [0.29, 0.717) is 11.3 Å². The summed E-state index contributed by atoms with van der Waals surface area (Å²) in [5.41, 5.74) is 7.30. The minimum Gasteiger partial charge on any atom is -0.454 e. The largest absolute Gasteiger partial charge is 0.454 e. The van der Waals surface area contributed by atoms with Crippen LogP contribution in [-0.2, 0) is 0 Å². The lowest BCUT2D eigenvalue weighted by Crippen LogP contribution is -2.07. The predicted octanol–water partition coefficient (Wildman–Crippen LogP) is 4.19. The third-order valence-corrected chi connectivity index (χ3v) is 3.29. The molecule has 1 atom stereocenters. The van der Waals surface area contributed by atoms with Crippen molar-refractivity contribution in [1.29, 1.82) is 0 Å². The molecule has 2 aromatic carbocycles. The first kappa shape index (κ1) is 13.5. The standard InChI is InChI=1S/C17H15FN2O/c1-11(19)14-5-2-6-15(18)17(14)21-13-8-7-12-4-3-9-20-16(12)10-13/h2-11H,19H2,1H3. The number of hydrogen-bond donors (Lipinski definition) is 1. The topological polar surface area (TPSA) is 48.1 Å². The number of rotatable bonds is 3. The molecule has 0 radical (unpaired) electrons. The van der Waals surface area contributed by atoms with Crippen molar-refractivity contribution in [2.24, 2.45) is 5.73 Å². The number of benzene rings is 2. The van der Waals surface area contributed by atoms with Crippen molar-refractivity contribution in [2.45, 2.75) is 13.0 Å². The molecular formula is C17H15FN2O. The Hall–Kier alpha value is -2.46. The van der Waals surface area contributed by atoms with Crippen molar-refractivity contribution in [1.82, 2.24) is 4.98 Å². The molecule has 1 heterocycles. The zero-order valence-electron chi connectivity index (χ0n) is 11.6. The number of halogens is 1. The molecule has 2 N–H and O–H groups in total. The Morgan fingerprint density at radius 3 is 2.81 bits per heavy atom. The second-order valence-corrected chi connectivity index (χ2v) is 4.91. The molecule has 4 heteroatoms. The quantitative estimate of drug-likeness (QED) is 0.783. The highest BCUT2D eigenvalue weighted by Gasteiger charge is 2.14. The molecule has 3 rings (SSSR count). The molecule has 0 amide bonds. The van der Waals surface area contributed by atoms with Gasteiger partial charge in [-0.25, -0.2) is 4.39 Å². The molecule has 3 nitrogen and oxygen atoms in total. The molecule has 0 aliphatic heterocycles. The Kier molecular flexibility index (Phi) is 3.54. The third-order valence-electron chi connectivity index (χ3n) is 3.29. The number of ether oxygens (including phenoxy) is 1. The van der Waals surface area contributed by atoms with Crippen LogP contribution in [0, 0.1) is 5.82 Å². The number of pyridine rings is 1. The SMILES string of the molecule is CC(N)c1cccc(F)c1Oc1ccc2cccnc2c1. The molecular weight excluding hydrogens is 267 g/mol.